The molecule has 10 aromatic carbocycles. The third-order valence-electron chi connectivity index (χ3n) is 15.0. The first-order chi connectivity index (χ1) is 46.9. The van der Waals surface area contributed by atoms with Gasteiger partial charge in [-0.3, -0.25) is 0 Å². The Morgan fingerprint density at radius 2 is 0.634 bits per heavy atom. The number of benzene rings is 10. The molecule has 0 aromatic heterocycles. The van der Waals surface area contributed by atoms with Crippen molar-refractivity contribution in [1.29, 1.82) is 0 Å². The summed E-state index contributed by atoms with van der Waals surface area (Å²) >= 11 is -5.05. The molecule has 0 fully saturated rings. The Hall–Kier alpha value is -9.50. The summed E-state index contributed by atoms with van der Waals surface area (Å²) in [5.41, 5.74) is -19.2. The molecule has 10 rings (SSSR count). The zero-order valence-corrected chi connectivity index (χ0v) is 52.5. The van der Waals surface area contributed by atoms with Crippen LogP contribution < -0.4 is 18.9 Å². The summed E-state index contributed by atoms with van der Waals surface area (Å²) in [5.74, 6) is -59.3. The number of sulfone groups is 2. The molecule has 532 valence electrons. The molecular formula is C63H30F22O12S4. The second-order valence-electron chi connectivity index (χ2n) is 21.5. The number of hydrogen-bond acceptors (Lipinski definition) is 10. The van der Waals surface area contributed by atoms with E-state index >= 15 is 96.6 Å². The maximum atomic E-state index is 15.8. The van der Waals surface area contributed by atoms with Crippen LogP contribution in [-0.2, 0) is 58.8 Å². The van der Waals surface area contributed by atoms with Crippen LogP contribution in [0.15, 0.2) is 119 Å². The maximum absolute atomic E-state index is 15.8. The Morgan fingerprint density at radius 3 is 0.960 bits per heavy atom. The van der Waals surface area contributed by atoms with E-state index in [1.165, 1.54) is 18.2 Å². The van der Waals surface area contributed by atoms with Crippen LogP contribution in [0.3, 0.4) is 0 Å². The number of ether oxygens (including phenoxy) is 4. The van der Waals surface area contributed by atoms with Gasteiger partial charge in [0.15, 0.2) is 88.4 Å². The largest absolute Gasteiger partial charge is 0.451 e. The Labute approximate surface area is 555 Å². The van der Waals surface area contributed by atoms with Gasteiger partial charge in [-0.1, -0.05) is 36.4 Å². The van der Waals surface area contributed by atoms with Crippen LogP contribution >= 0.6 is 0 Å². The van der Waals surface area contributed by atoms with E-state index in [4.69, 9.17) is 18.9 Å². The lowest BCUT2D eigenvalue weighted by molar-refractivity contribution is -0.288. The van der Waals surface area contributed by atoms with Crippen molar-refractivity contribution in [3.63, 3.8) is 0 Å². The minimum atomic E-state index is -6.57. The number of fused-ring (bicyclic) bond motifs is 2. The molecular weight excluding hydrogens is 1490 g/mol. The average molecular weight is 1530 g/mol. The molecule has 0 saturated heterocycles. The van der Waals surface area contributed by atoms with Gasteiger partial charge in [-0.15, -0.1) is 0 Å². The topological polar surface area (TPSA) is 180 Å². The van der Waals surface area contributed by atoms with Crippen LogP contribution in [0.2, 0.25) is 0 Å². The summed E-state index contributed by atoms with van der Waals surface area (Å²) in [6, 6.07) is 9.45. The minimum absolute atomic E-state index is 0.0181. The number of alkyl halides is 6. The van der Waals surface area contributed by atoms with Gasteiger partial charge < -0.3 is 28.1 Å². The lowest BCUT2D eigenvalue weighted by Gasteiger charge is -2.38. The molecule has 101 heavy (non-hydrogen) atoms. The van der Waals surface area contributed by atoms with Gasteiger partial charge in [0.1, 0.15) is 23.0 Å². The number of rotatable bonds is 18. The quantitative estimate of drug-likeness (QED) is 0.0472. The highest BCUT2D eigenvalue weighted by molar-refractivity contribution is 7.91. The van der Waals surface area contributed by atoms with E-state index in [-0.39, 0.29) is 81.2 Å². The van der Waals surface area contributed by atoms with E-state index in [1.807, 2.05) is 0 Å². The number of halogens is 22. The first-order valence-corrected chi connectivity index (χ1v) is 33.4. The van der Waals surface area contributed by atoms with Crippen molar-refractivity contribution >= 4 is 63.4 Å². The fraction of sp³-hybridized carbons (Fsp3) is 0.111. The van der Waals surface area contributed by atoms with Crippen molar-refractivity contribution in [2.45, 2.75) is 39.1 Å². The Bertz CT molecular complexity index is 5290. The molecule has 0 heterocycles. The predicted octanol–water partition coefficient (Wildman–Crippen LogP) is 18.4. The molecule has 0 spiro atoms. The molecule has 0 aliphatic carbocycles. The van der Waals surface area contributed by atoms with Crippen LogP contribution in [0.25, 0.3) is 43.8 Å². The van der Waals surface area contributed by atoms with Crippen molar-refractivity contribution in [1.82, 2.24) is 0 Å². The highest BCUT2D eigenvalue weighted by Gasteiger charge is 2.72. The zero-order chi connectivity index (χ0) is 74.6. The van der Waals surface area contributed by atoms with Crippen molar-refractivity contribution < 1.29 is 150 Å². The van der Waals surface area contributed by atoms with Crippen molar-refractivity contribution in [3.05, 3.63) is 225 Å². The van der Waals surface area contributed by atoms with Crippen LogP contribution in [-0.4, -0.2) is 59.2 Å². The monoisotopic (exact) mass is 1520 g/mol. The molecule has 2 N–H and O–H groups in total. The third-order valence-corrected chi connectivity index (χ3v) is 18.4. The Balaban J connectivity index is 0.936. The molecule has 0 aliphatic heterocycles. The third kappa shape index (κ3) is 13.3. The molecule has 0 aliphatic rings. The smallest absolute Gasteiger partial charge is 0.411 e. The lowest BCUT2D eigenvalue weighted by atomic mass is 9.73. The van der Waals surface area contributed by atoms with Gasteiger partial charge in [0.2, 0.25) is 75.0 Å². The molecule has 2 unspecified atom stereocenters. The van der Waals surface area contributed by atoms with Gasteiger partial charge in [-0.25, -0.2) is 60.4 Å². The van der Waals surface area contributed by atoms with E-state index in [0.717, 1.165) is 42.7 Å². The zero-order valence-electron chi connectivity index (χ0n) is 49.2. The van der Waals surface area contributed by atoms with E-state index in [1.54, 1.807) is 0 Å². The van der Waals surface area contributed by atoms with E-state index in [9.17, 15) is 34.4 Å². The van der Waals surface area contributed by atoms with Gasteiger partial charge in [0.25, 0.3) is 0 Å². The standard InChI is InChI=1S/C63H30F22O12S4/c1-100(90,91)31-12-14-34-26(18-31)19-32(101(2,92)93)20-36(34)97-60-55(78)47(70)40(48(71)56(60)79)38-43(66)51(74)58(52(75)44(38)67)95-30-10-6-28(7-11-30)61(62(80,81)82,63(83,84)85)27-4-8-29(9-5-27)94-57-49(72)41(64)37(42(65)50(57)73)39-45(68)53(76)59(54(77)46(39)69)96-35-17-24(22-99(88)89)16-25-15-23(21-98(86)87)3-13-33(25)35/h3-20H,21-22H2,1-2H3,(H,86,87)(H,88,89). The Kier molecular flexibility index (Phi) is 19.7. The van der Waals surface area contributed by atoms with Crippen molar-refractivity contribution in [2.24, 2.45) is 0 Å². The lowest BCUT2D eigenvalue weighted by Crippen LogP contribution is -2.54. The van der Waals surface area contributed by atoms with Gasteiger partial charge in [0.05, 0.1) is 43.6 Å². The summed E-state index contributed by atoms with van der Waals surface area (Å²) in [7, 11) is -8.34. The summed E-state index contributed by atoms with van der Waals surface area (Å²) in [6.07, 6.45) is -11.8. The van der Waals surface area contributed by atoms with Crippen LogP contribution in [0, 0.1) is 93.1 Å². The molecule has 38 heteroatoms. The van der Waals surface area contributed by atoms with E-state index in [0.29, 0.717) is 12.3 Å². The van der Waals surface area contributed by atoms with E-state index < -0.39 is 253 Å². The molecule has 0 saturated carbocycles. The van der Waals surface area contributed by atoms with E-state index in [2.05, 4.69) is 0 Å². The van der Waals surface area contributed by atoms with Crippen molar-refractivity contribution in [2.75, 3.05) is 12.5 Å². The van der Waals surface area contributed by atoms with Crippen LogP contribution in [0.4, 0.5) is 96.6 Å². The predicted molar refractivity (Wildman–Crippen MR) is 312 cm³/mol. The number of hydrogen-bond donors (Lipinski definition) is 2. The fourth-order valence-corrected chi connectivity index (χ4v) is 12.7. The highest BCUT2D eigenvalue weighted by atomic mass is 32.2. The van der Waals surface area contributed by atoms with Crippen LogP contribution in [0.1, 0.15) is 22.3 Å². The van der Waals surface area contributed by atoms with Gasteiger partial charge in [0, 0.05) is 29.4 Å². The molecule has 10 aromatic rings. The second-order valence-corrected chi connectivity index (χ2v) is 27.4. The first kappa shape index (κ1) is 74.2. The summed E-state index contributed by atoms with van der Waals surface area (Å²) < 4.78 is 455. The highest BCUT2D eigenvalue weighted by Crippen LogP contribution is 2.57. The summed E-state index contributed by atoms with van der Waals surface area (Å²) in [4.78, 5) is -1.18. The van der Waals surface area contributed by atoms with Gasteiger partial charge >= 0.3 is 12.4 Å². The molecule has 2 atom stereocenters. The fourth-order valence-electron chi connectivity index (χ4n) is 10.5. The summed E-state index contributed by atoms with van der Waals surface area (Å²) in [5, 5.41) is -0.893. The van der Waals surface area contributed by atoms with Gasteiger partial charge in [-0.05, 0) is 99.8 Å². The normalized spacial score (nSPS) is 13.1. The first-order valence-electron chi connectivity index (χ1n) is 27.1. The second kappa shape index (κ2) is 26.8. The maximum Gasteiger partial charge on any atom is 0.411 e. The summed E-state index contributed by atoms with van der Waals surface area (Å²) in [6.45, 7) is 0. The van der Waals surface area contributed by atoms with Gasteiger partial charge in [-0.2, -0.15) is 61.5 Å². The average Bonchev–Trinajstić information content (AvgIpc) is 0.721. The minimum Gasteiger partial charge on any atom is -0.451 e. The van der Waals surface area contributed by atoms with Crippen molar-refractivity contribution in [3.8, 4) is 68.2 Å². The SMILES string of the molecule is CS(=O)(=O)c1ccc2c(Oc3c(F)c(F)c(-c4c(F)c(F)c(Oc5ccc(C(c6ccc(Oc7c(F)c(F)c(-c8c(F)c(F)c(Oc9cc(CS(=O)O)cc%10cc(CS(=O)O)ccc9%10)c(F)c8F)c(F)c7F)cc6)(C(F)(F)F)C(F)(F)F)cc5)c(F)c4F)c(F)c3F)cc(S(C)(=O)=O)cc2c1. The molecule has 0 bridgehead atoms. The van der Waals surface area contributed by atoms with Crippen LogP contribution in [0.5, 0.6) is 46.0 Å². The Morgan fingerprint density at radius 1 is 0.347 bits per heavy atom. The molecule has 0 amide bonds. The molecule has 0 radical (unpaired) electrons. The molecule has 12 nitrogen and oxygen atoms in total.